The second-order valence-electron chi connectivity index (χ2n) is 2.61. The molecule has 0 saturated heterocycles. The highest BCUT2D eigenvalue weighted by molar-refractivity contribution is 6.48. The number of halogens is 2. The molecule has 12 heavy (non-hydrogen) atoms. The van der Waals surface area contributed by atoms with Crippen LogP contribution < -0.4 is 5.73 Å². The van der Waals surface area contributed by atoms with Crippen LogP contribution in [0.3, 0.4) is 0 Å². The maximum atomic E-state index is 6.05. The number of nitrogens with two attached hydrogens (primary N) is 1. The first-order valence-electron chi connectivity index (χ1n) is 3.80. The first-order chi connectivity index (χ1) is 5.67. The van der Waals surface area contributed by atoms with E-state index in [4.69, 9.17) is 28.9 Å². The zero-order valence-corrected chi connectivity index (χ0v) is 8.15. The van der Waals surface area contributed by atoms with E-state index in [0.29, 0.717) is 13.0 Å². The lowest BCUT2D eigenvalue weighted by atomic mass is 10.1. The van der Waals surface area contributed by atoms with Crippen molar-refractivity contribution in [2.75, 3.05) is 6.54 Å². The summed E-state index contributed by atoms with van der Waals surface area (Å²) in [4.78, 5) is 0. The second kappa shape index (κ2) is 4.13. The van der Waals surface area contributed by atoms with Crippen LogP contribution in [0.15, 0.2) is 30.3 Å². The molecular formula is C9H11Cl2N. The van der Waals surface area contributed by atoms with Crippen LogP contribution in [0.4, 0.5) is 0 Å². The largest absolute Gasteiger partial charge is 0.330 e. The molecule has 0 saturated carbocycles. The monoisotopic (exact) mass is 203 g/mol. The van der Waals surface area contributed by atoms with Crippen LogP contribution in [0.5, 0.6) is 0 Å². The van der Waals surface area contributed by atoms with Crippen LogP contribution in [0.2, 0.25) is 0 Å². The van der Waals surface area contributed by atoms with Gasteiger partial charge in [0.25, 0.3) is 0 Å². The Balaban J connectivity index is 2.82. The number of hydrogen-bond acceptors (Lipinski definition) is 1. The molecule has 0 aromatic heterocycles. The van der Waals surface area contributed by atoms with Gasteiger partial charge in [-0.3, -0.25) is 0 Å². The molecule has 0 radical (unpaired) electrons. The summed E-state index contributed by atoms with van der Waals surface area (Å²) in [5.74, 6) is 0. The van der Waals surface area contributed by atoms with Crippen LogP contribution in [-0.4, -0.2) is 6.54 Å². The smallest absolute Gasteiger partial charge is 0.144 e. The molecule has 0 unspecified atom stereocenters. The van der Waals surface area contributed by atoms with Crippen molar-refractivity contribution in [1.82, 2.24) is 0 Å². The van der Waals surface area contributed by atoms with Crippen molar-refractivity contribution in [1.29, 1.82) is 0 Å². The van der Waals surface area contributed by atoms with Gasteiger partial charge in [0.05, 0.1) is 0 Å². The first-order valence-corrected chi connectivity index (χ1v) is 4.56. The fourth-order valence-electron chi connectivity index (χ4n) is 1.01. The molecular weight excluding hydrogens is 193 g/mol. The van der Waals surface area contributed by atoms with E-state index < -0.39 is 4.33 Å². The Morgan fingerprint density at radius 1 is 1.17 bits per heavy atom. The van der Waals surface area contributed by atoms with Gasteiger partial charge < -0.3 is 5.73 Å². The van der Waals surface area contributed by atoms with Gasteiger partial charge in [-0.2, -0.15) is 0 Å². The predicted octanol–water partition coefficient (Wildman–Crippen LogP) is 2.67. The van der Waals surface area contributed by atoms with Crippen LogP contribution in [0.1, 0.15) is 12.0 Å². The lowest BCUT2D eigenvalue weighted by molar-refractivity contribution is 0.745. The third-order valence-corrected chi connectivity index (χ3v) is 2.47. The Morgan fingerprint density at radius 3 is 2.25 bits per heavy atom. The minimum absolute atomic E-state index is 0.488. The molecule has 1 nitrogen and oxygen atoms in total. The van der Waals surface area contributed by atoms with E-state index in [2.05, 4.69) is 0 Å². The molecule has 0 spiro atoms. The quantitative estimate of drug-likeness (QED) is 0.752. The maximum absolute atomic E-state index is 6.05. The van der Waals surface area contributed by atoms with Crippen LogP contribution in [-0.2, 0) is 4.33 Å². The normalized spacial score (nSPS) is 11.6. The molecule has 0 fully saturated rings. The maximum Gasteiger partial charge on any atom is 0.144 e. The lowest BCUT2D eigenvalue weighted by Crippen LogP contribution is -2.15. The van der Waals surface area contributed by atoms with Gasteiger partial charge in [0.1, 0.15) is 4.33 Å². The summed E-state index contributed by atoms with van der Waals surface area (Å²) in [6.07, 6.45) is 0.570. The van der Waals surface area contributed by atoms with Gasteiger partial charge in [-0.25, -0.2) is 0 Å². The summed E-state index contributed by atoms with van der Waals surface area (Å²) in [7, 11) is 0. The van der Waals surface area contributed by atoms with E-state index in [1.807, 2.05) is 30.3 Å². The van der Waals surface area contributed by atoms with Gasteiger partial charge in [-0.15, -0.1) is 0 Å². The van der Waals surface area contributed by atoms with E-state index in [-0.39, 0.29) is 0 Å². The zero-order valence-electron chi connectivity index (χ0n) is 6.63. The Bertz CT molecular complexity index is 234. The van der Waals surface area contributed by atoms with Gasteiger partial charge >= 0.3 is 0 Å². The van der Waals surface area contributed by atoms with Gasteiger partial charge in [-0.1, -0.05) is 53.5 Å². The average Bonchev–Trinajstić information content (AvgIpc) is 2.06. The van der Waals surface area contributed by atoms with Crippen LogP contribution >= 0.6 is 23.2 Å². The average molecular weight is 204 g/mol. The third-order valence-electron chi connectivity index (χ3n) is 1.65. The summed E-state index contributed by atoms with van der Waals surface area (Å²) in [6.45, 7) is 0.488. The van der Waals surface area contributed by atoms with Crippen molar-refractivity contribution < 1.29 is 0 Å². The van der Waals surface area contributed by atoms with E-state index in [1.165, 1.54) is 0 Å². The molecule has 2 N–H and O–H groups in total. The Morgan fingerprint density at radius 2 is 1.75 bits per heavy atom. The van der Waals surface area contributed by atoms with Gasteiger partial charge in [-0.05, 0) is 18.5 Å². The molecule has 1 aromatic rings. The van der Waals surface area contributed by atoms with Crippen molar-refractivity contribution >= 4 is 23.2 Å². The summed E-state index contributed by atoms with van der Waals surface area (Å²) in [5, 5.41) is 0. The lowest BCUT2D eigenvalue weighted by Gasteiger charge is -2.18. The molecule has 1 rings (SSSR count). The molecule has 0 bridgehead atoms. The van der Waals surface area contributed by atoms with Gasteiger partial charge in [0.2, 0.25) is 0 Å². The van der Waals surface area contributed by atoms with Gasteiger partial charge in [0, 0.05) is 0 Å². The van der Waals surface area contributed by atoms with E-state index >= 15 is 0 Å². The fraction of sp³-hybridized carbons (Fsp3) is 0.333. The highest BCUT2D eigenvalue weighted by Crippen LogP contribution is 2.36. The number of alkyl halides is 2. The van der Waals surface area contributed by atoms with Crippen molar-refractivity contribution in [3.05, 3.63) is 35.9 Å². The fourth-order valence-corrected chi connectivity index (χ4v) is 1.48. The van der Waals surface area contributed by atoms with E-state index in [1.54, 1.807) is 0 Å². The van der Waals surface area contributed by atoms with Crippen LogP contribution in [0.25, 0.3) is 0 Å². The summed E-state index contributed by atoms with van der Waals surface area (Å²) in [6, 6.07) is 9.54. The first kappa shape index (κ1) is 9.85. The van der Waals surface area contributed by atoms with Crippen LogP contribution in [0, 0.1) is 0 Å². The van der Waals surface area contributed by atoms with E-state index in [9.17, 15) is 0 Å². The molecule has 0 atom stereocenters. The molecule has 0 heterocycles. The minimum Gasteiger partial charge on any atom is -0.330 e. The topological polar surface area (TPSA) is 26.0 Å². The molecule has 0 aliphatic carbocycles. The highest BCUT2D eigenvalue weighted by atomic mass is 35.5. The predicted molar refractivity (Wildman–Crippen MR) is 53.5 cm³/mol. The minimum atomic E-state index is -0.837. The van der Waals surface area contributed by atoms with Crippen molar-refractivity contribution in [3.8, 4) is 0 Å². The highest BCUT2D eigenvalue weighted by Gasteiger charge is 2.24. The summed E-state index contributed by atoms with van der Waals surface area (Å²) < 4.78 is -0.837. The molecule has 1 aromatic carbocycles. The standard InChI is InChI=1S/C9H11Cl2N/c10-9(11,6-7-12)8-4-2-1-3-5-8/h1-5H,6-7,12H2. The van der Waals surface area contributed by atoms with Gasteiger partial charge in [0.15, 0.2) is 0 Å². The van der Waals surface area contributed by atoms with Crippen molar-refractivity contribution in [2.45, 2.75) is 10.8 Å². The summed E-state index contributed by atoms with van der Waals surface area (Å²) >= 11 is 12.1. The second-order valence-corrected chi connectivity index (χ2v) is 4.09. The van der Waals surface area contributed by atoms with E-state index in [0.717, 1.165) is 5.56 Å². The molecule has 0 aliphatic heterocycles. The number of benzene rings is 1. The molecule has 66 valence electrons. The molecule has 0 amide bonds. The molecule has 3 heteroatoms. The van der Waals surface area contributed by atoms with Crippen molar-refractivity contribution in [3.63, 3.8) is 0 Å². The Kier molecular flexibility index (Phi) is 3.39. The number of hydrogen-bond donors (Lipinski definition) is 1. The number of rotatable bonds is 3. The summed E-state index contributed by atoms with van der Waals surface area (Å²) in [5.41, 5.74) is 6.28. The Labute approximate surface area is 82.5 Å². The molecule has 0 aliphatic rings. The SMILES string of the molecule is NCCC(Cl)(Cl)c1ccccc1. The van der Waals surface area contributed by atoms with Crippen molar-refractivity contribution in [2.24, 2.45) is 5.73 Å². The third kappa shape index (κ3) is 2.37. The Hall–Kier alpha value is -0.240. The zero-order chi connectivity index (χ0) is 9.03.